The first-order valence-electron chi connectivity index (χ1n) is 11.7. The number of hydrogen-bond acceptors (Lipinski definition) is 9. The Hall–Kier alpha value is -3.33. The van der Waals surface area contributed by atoms with Crippen LogP contribution in [0.4, 0.5) is 0 Å². The summed E-state index contributed by atoms with van der Waals surface area (Å²) < 4.78 is 20.9. The summed E-state index contributed by atoms with van der Waals surface area (Å²) >= 11 is 0. The minimum atomic E-state index is -0.993. The van der Waals surface area contributed by atoms with Crippen molar-refractivity contribution in [1.29, 1.82) is 0 Å². The van der Waals surface area contributed by atoms with E-state index in [1.54, 1.807) is 19.1 Å². The van der Waals surface area contributed by atoms with Gasteiger partial charge in [0.25, 0.3) is 0 Å². The molecule has 0 aromatic heterocycles. The molecule has 0 spiro atoms. The maximum Gasteiger partial charge on any atom is 0.336 e. The molecule has 0 amide bonds. The van der Waals surface area contributed by atoms with Gasteiger partial charge in [0.15, 0.2) is 17.3 Å². The van der Waals surface area contributed by atoms with Crippen molar-refractivity contribution >= 4 is 17.7 Å². The molecule has 1 aliphatic carbocycles. The van der Waals surface area contributed by atoms with Crippen molar-refractivity contribution in [2.75, 3.05) is 34.0 Å². The molecule has 1 aromatic rings. The summed E-state index contributed by atoms with van der Waals surface area (Å²) in [6, 6.07) is 4.71. The van der Waals surface area contributed by atoms with Crippen molar-refractivity contribution in [3.8, 4) is 11.5 Å². The summed E-state index contributed by atoms with van der Waals surface area (Å²) in [6.45, 7) is 6.41. The van der Waals surface area contributed by atoms with E-state index in [2.05, 4.69) is 5.32 Å². The summed E-state index contributed by atoms with van der Waals surface area (Å²) in [7, 11) is 2.68. The number of phenolic OH excluding ortho intramolecular Hbond substituents is 1. The fourth-order valence-electron chi connectivity index (χ4n) is 4.69. The molecule has 3 rings (SSSR count). The molecule has 9 heteroatoms. The lowest BCUT2D eigenvalue weighted by Gasteiger charge is -2.38. The number of hydrogen-bond donors (Lipinski definition) is 2. The van der Waals surface area contributed by atoms with Crippen molar-refractivity contribution < 1.29 is 38.4 Å². The van der Waals surface area contributed by atoms with Gasteiger partial charge in [-0.2, -0.15) is 0 Å². The van der Waals surface area contributed by atoms with E-state index < -0.39 is 29.6 Å². The number of esters is 2. The fourth-order valence-corrected chi connectivity index (χ4v) is 4.69. The normalized spacial score (nSPS) is 21.9. The number of methoxy groups -OCH3 is 2. The zero-order chi connectivity index (χ0) is 25.7. The minimum Gasteiger partial charge on any atom is -0.504 e. The molecule has 1 heterocycles. The lowest BCUT2D eigenvalue weighted by atomic mass is 9.69. The fraction of sp³-hybridized carbons (Fsp3) is 0.500. The average molecular weight is 488 g/mol. The molecule has 0 fully saturated rings. The number of phenols is 1. The van der Waals surface area contributed by atoms with Gasteiger partial charge < -0.3 is 29.4 Å². The van der Waals surface area contributed by atoms with E-state index in [0.717, 1.165) is 6.42 Å². The zero-order valence-corrected chi connectivity index (χ0v) is 20.8. The maximum absolute atomic E-state index is 13.7. The Morgan fingerprint density at radius 2 is 1.91 bits per heavy atom. The SMILES string of the molecule is CCCOCCOC(=O)C1=C(C)NC2=C(C(=O)[C@@H](C(=O)OC)[C@H](C)C2)[C@H]1c1ccc(OC)c(O)c1. The molecule has 2 aliphatic rings. The molecule has 0 saturated heterocycles. The summed E-state index contributed by atoms with van der Waals surface area (Å²) in [5.41, 5.74) is 2.21. The van der Waals surface area contributed by atoms with Gasteiger partial charge in [-0.3, -0.25) is 9.59 Å². The van der Waals surface area contributed by atoms with Gasteiger partial charge in [-0.1, -0.05) is 19.9 Å². The molecular formula is C26H33NO8. The Balaban J connectivity index is 2.06. The molecule has 0 bridgehead atoms. The van der Waals surface area contributed by atoms with Gasteiger partial charge in [0.2, 0.25) is 0 Å². The van der Waals surface area contributed by atoms with E-state index in [1.807, 2.05) is 13.8 Å². The van der Waals surface area contributed by atoms with Crippen LogP contribution in [0.1, 0.15) is 45.1 Å². The highest BCUT2D eigenvalue weighted by Gasteiger charge is 2.47. The molecule has 0 unspecified atom stereocenters. The molecule has 0 saturated carbocycles. The number of ketones is 1. The topological polar surface area (TPSA) is 120 Å². The van der Waals surface area contributed by atoms with Gasteiger partial charge >= 0.3 is 11.9 Å². The minimum absolute atomic E-state index is 0.0534. The number of Topliss-reactive ketones (excluding diaryl/α,β-unsaturated/α-hetero) is 1. The van der Waals surface area contributed by atoms with Crippen LogP contribution >= 0.6 is 0 Å². The van der Waals surface area contributed by atoms with Crippen molar-refractivity contribution in [2.45, 2.75) is 39.5 Å². The summed E-state index contributed by atoms with van der Waals surface area (Å²) in [5, 5.41) is 13.7. The molecule has 35 heavy (non-hydrogen) atoms. The number of rotatable bonds is 9. The molecule has 1 aliphatic heterocycles. The van der Waals surface area contributed by atoms with E-state index in [0.29, 0.717) is 35.6 Å². The van der Waals surface area contributed by atoms with Gasteiger partial charge in [-0.25, -0.2) is 4.79 Å². The van der Waals surface area contributed by atoms with Crippen LogP contribution < -0.4 is 10.1 Å². The third kappa shape index (κ3) is 5.35. The third-order valence-electron chi connectivity index (χ3n) is 6.31. The highest BCUT2D eigenvalue weighted by molar-refractivity contribution is 6.12. The Bertz CT molecular complexity index is 1060. The maximum atomic E-state index is 13.7. The van der Waals surface area contributed by atoms with Gasteiger partial charge in [-0.15, -0.1) is 0 Å². The van der Waals surface area contributed by atoms with Crippen LogP contribution in [0, 0.1) is 11.8 Å². The van der Waals surface area contributed by atoms with E-state index in [-0.39, 0.29) is 36.2 Å². The number of carbonyl (C=O) groups is 3. The van der Waals surface area contributed by atoms with Gasteiger partial charge in [0.05, 0.1) is 26.4 Å². The number of carbonyl (C=O) groups excluding carboxylic acids is 3. The number of ether oxygens (including phenoxy) is 4. The Labute approximate surface area is 205 Å². The molecule has 2 N–H and O–H groups in total. The second kappa shape index (κ2) is 11.4. The van der Waals surface area contributed by atoms with Crippen LogP contribution in [-0.4, -0.2) is 56.9 Å². The highest BCUT2D eigenvalue weighted by Crippen LogP contribution is 2.46. The van der Waals surface area contributed by atoms with Crippen molar-refractivity contribution in [3.63, 3.8) is 0 Å². The number of nitrogens with one attached hydrogen (secondary N) is 1. The van der Waals surface area contributed by atoms with E-state index in [4.69, 9.17) is 18.9 Å². The second-order valence-corrected chi connectivity index (χ2v) is 8.71. The first-order valence-corrected chi connectivity index (χ1v) is 11.7. The zero-order valence-electron chi connectivity index (χ0n) is 20.8. The van der Waals surface area contributed by atoms with Crippen LogP contribution in [-0.2, 0) is 28.6 Å². The molecule has 1 aromatic carbocycles. The van der Waals surface area contributed by atoms with E-state index in [9.17, 15) is 19.5 Å². The second-order valence-electron chi connectivity index (χ2n) is 8.71. The highest BCUT2D eigenvalue weighted by atomic mass is 16.6. The van der Waals surface area contributed by atoms with Crippen molar-refractivity contribution in [3.05, 3.63) is 46.3 Å². The molecule has 0 radical (unpaired) electrons. The van der Waals surface area contributed by atoms with Crippen LogP contribution in [0.25, 0.3) is 0 Å². The smallest absolute Gasteiger partial charge is 0.336 e. The van der Waals surface area contributed by atoms with Gasteiger partial charge in [0.1, 0.15) is 12.5 Å². The average Bonchev–Trinajstić information content (AvgIpc) is 2.82. The van der Waals surface area contributed by atoms with Crippen LogP contribution in [0.2, 0.25) is 0 Å². The van der Waals surface area contributed by atoms with Crippen LogP contribution in [0.3, 0.4) is 0 Å². The number of dihydropyridines is 1. The van der Waals surface area contributed by atoms with Crippen LogP contribution in [0.15, 0.2) is 40.7 Å². The molecule has 190 valence electrons. The van der Waals surface area contributed by atoms with Gasteiger partial charge in [0, 0.05) is 29.5 Å². The number of allylic oxidation sites excluding steroid dienone is 3. The summed E-state index contributed by atoms with van der Waals surface area (Å²) in [6.07, 6.45) is 1.27. The molecular weight excluding hydrogens is 454 g/mol. The monoisotopic (exact) mass is 487 g/mol. The van der Waals surface area contributed by atoms with Crippen LogP contribution in [0.5, 0.6) is 11.5 Å². The Morgan fingerprint density at radius 3 is 2.54 bits per heavy atom. The lowest BCUT2D eigenvalue weighted by Crippen LogP contribution is -2.43. The molecule has 9 nitrogen and oxygen atoms in total. The number of aromatic hydroxyl groups is 1. The first kappa shape index (κ1) is 26.3. The van der Waals surface area contributed by atoms with E-state index >= 15 is 0 Å². The Kier molecular flexibility index (Phi) is 8.56. The predicted molar refractivity (Wildman–Crippen MR) is 127 cm³/mol. The quantitative estimate of drug-likeness (QED) is 0.308. The largest absolute Gasteiger partial charge is 0.504 e. The summed E-state index contributed by atoms with van der Waals surface area (Å²) in [5.74, 6) is -3.65. The van der Waals surface area contributed by atoms with Gasteiger partial charge in [-0.05, 0) is 43.4 Å². The number of benzene rings is 1. The van der Waals surface area contributed by atoms with Crippen molar-refractivity contribution in [1.82, 2.24) is 5.32 Å². The third-order valence-corrected chi connectivity index (χ3v) is 6.31. The predicted octanol–water partition coefficient (Wildman–Crippen LogP) is 2.98. The Morgan fingerprint density at radius 1 is 1.17 bits per heavy atom. The van der Waals surface area contributed by atoms with Crippen molar-refractivity contribution in [2.24, 2.45) is 11.8 Å². The first-order chi connectivity index (χ1) is 16.7. The summed E-state index contributed by atoms with van der Waals surface area (Å²) in [4.78, 5) is 39.4. The standard InChI is InChI=1S/C26H33NO8/c1-6-9-34-10-11-35-26(31)21-15(3)27-17-12-14(2)20(25(30)33-5)24(29)23(17)22(21)16-7-8-19(32-4)18(28)13-16/h7-8,13-14,20,22,27-28H,6,9-12H2,1-5H3/t14-,20+,22+/m1/s1. The van der Waals surface area contributed by atoms with E-state index in [1.165, 1.54) is 20.3 Å². The molecule has 3 atom stereocenters. The lowest BCUT2D eigenvalue weighted by molar-refractivity contribution is -0.151.